The molecule has 0 radical (unpaired) electrons. The van der Waals surface area contributed by atoms with Crippen molar-refractivity contribution in [1.29, 1.82) is 0 Å². The molecule has 0 aromatic heterocycles. The number of rotatable bonds is 11. The normalized spacial score (nSPS) is 14.8. The van der Waals surface area contributed by atoms with Crippen LogP contribution in [-0.4, -0.2) is 54.9 Å². The highest BCUT2D eigenvalue weighted by molar-refractivity contribution is 7.85. The first-order valence-corrected chi connectivity index (χ1v) is 17.4. The highest BCUT2D eigenvalue weighted by atomic mass is 32.2. The van der Waals surface area contributed by atoms with Gasteiger partial charge in [-0.25, -0.2) is 0 Å². The number of hydrogen-bond donors (Lipinski definition) is 3. The Morgan fingerprint density at radius 3 is 2.33 bits per heavy atom. The van der Waals surface area contributed by atoms with Gasteiger partial charge in [-0.3, -0.25) is 14.1 Å². The third kappa shape index (κ3) is 7.91. The number of para-hydroxylation sites is 1. The molecular formula is C37H33N7O7S. The first-order valence-electron chi connectivity index (χ1n) is 16.0. The standard InChI is InChI=1S/C37H33N7O7S/c1-22-17-30(52(48,49)50)19-26-11-14-28(20-31(22)26)40-41-32-21-34(51-16-15-45)33(18-23(32)2)38-36(46)25-9-12-27(13-10-25)39-42-35-24(3)43-44(37(35)47)29-7-5-4-6-8-29/h4-14,17-21,35,45H,15-16H2,1-3H3,(H,38,46)(H,48,49,50). The lowest BCUT2D eigenvalue weighted by molar-refractivity contribution is -0.117. The summed E-state index contributed by atoms with van der Waals surface area (Å²) >= 11 is 0. The zero-order valence-electron chi connectivity index (χ0n) is 28.3. The van der Waals surface area contributed by atoms with Crippen LogP contribution in [0.2, 0.25) is 0 Å². The summed E-state index contributed by atoms with van der Waals surface area (Å²) in [5.41, 5.74) is 4.53. The molecule has 1 atom stereocenters. The van der Waals surface area contributed by atoms with E-state index in [0.29, 0.717) is 56.2 Å². The SMILES string of the molecule is CC1=NN(c2ccccc2)C(=O)C1N=Nc1ccc(C(=O)Nc2cc(C)c(N=Nc3ccc4cc(S(=O)(=O)O)cc(C)c4c3)cc2OCCO)cc1. The van der Waals surface area contributed by atoms with E-state index >= 15 is 0 Å². The summed E-state index contributed by atoms with van der Waals surface area (Å²) in [4.78, 5) is 26.0. The zero-order valence-corrected chi connectivity index (χ0v) is 29.1. The van der Waals surface area contributed by atoms with Crippen LogP contribution in [0, 0.1) is 13.8 Å². The van der Waals surface area contributed by atoms with E-state index in [1.54, 1.807) is 87.5 Å². The number of azo groups is 2. The second kappa shape index (κ2) is 15.0. The Balaban J connectivity index is 1.16. The second-order valence-electron chi connectivity index (χ2n) is 11.9. The van der Waals surface area contributed by atoms with Gasteiger partial charge in [-0.1, -0.05) is 24.3 Å². The molecule has 0 spiro atoms. The van der Waals surface area contributed by atoms with Crippen LogP contribution >= 0.6 is 0 Å². The molecule has 1 unspecified atom stereocenters. The number of nitrogens with zero attached hydrogens (tertiary/aromatic N) is 6. The predicted octanol–water partition coefficient (Wildman–Crippen LogP) is 7.62. The van der Waals surface area contributed by atoms with Gasteiger partial charge in [0.15, 0.2) is 6.04 Å². The Hall–Kier alpha value is -6.16. The van der Waals surface area contributed by atoms with E-state index in [9.17, 15) is 27.7 Å². The van der Waals surface area contributed by atoms with Crippen LogP contribution in [0.3, 0.4) is 0 Å². The number of ether oxygens (including phenoxy) is 1. The minimum absolute atomic E-state index is 0.0332. The van der Waals surface area contributed by atoms with E-state index in [1.807, 2.05) is 18.2 Å². The van der Waals surface area contributed by atoms with E-state index in [-0.39, 0.29) is 29.8 Å². The summed E-state index contributed by atoms with van der Waals surface area (Å²) < 4.78 is 38.4. The molecule has 14 nitrogen and oxygen atoms in total. The average molecular weight is 720 g/mol. The van der Waals surface area contributed by atoms with Gasteiger partial charge in [0.05, 0.1) is 45.7 Å². The molecular weight excluding hydrogens is 687 g/mol. The largest absolute Gasteiger partial charge is 0.489 e. The fraction of sp³-hybridized carbons (Fsp3) is 0.162. The van der Waals surface area contributed by atoms with Gasteiger partial charge in [0.2, 0.25) is 0 Å². The van der Waals surface area contributed by atoms with Crippen LogP contribution in [0.15, 0.2) is 128 Å². The fourth-order valence-corrected chi connectivity index (χ4v) is 6.02. The Labute approximate surface area is 298 Å². The van der Waals surface area contributed by atoms with Crippen LogP contribution in [-0.2, 0) is 14.9 Å². The van der Waals surface area contributed by atoms with Crippen molar-refractivity contribution in [2.24, 2.45) is 25.6 Å². The molecule has 1 aliphatic heterocycles. The molecule has 1 heterocycles. The number of aryl methyl sites for hydroxylation is 2. The van der Waals surface area contributed by atoms with Crippen molar-refractivity contribution in [1.82, 2.24) is 0 Å². The first-order chi connectivity index (χ1) is 24.9. The summed E-state index contributed by atoms with van der Waals surface area (Å²) in [7, 11) is -4.35. The second-order valence-corrected chi connectivity index (χ2v) is 13.3. The van der Waals surface area contributed by atoms with Gasteiger partial charge < -0.3 is 15.2 Å². The summed E-state index contributed by atoms with van der Waals surface area (Å²) in [6.45, 7) is 4.95. The lowest BCUT2D eigenvalue weighted by Crippen LogP contribution is -2.29. The molecule has 15 heteroatoms. The lowest BCUT2D eigenvalue weighted by Gasteiger charge is -2.14. The fourth-order valence-electron chi connectivity index (χ4n) is 5.42. The van der Waals surface area contributed by atoms with Gasteiger partial charge in [-0.2, -0.15) is 39.0 Å². The number of aliphatic hydroxyl groups is 1. The maximum Gasteiger partial charge on any atom is 0.294 e. The van der Waals surface area contributed by atoms with Crippen LogP contribution in [0.4, 0.5) is 28.4 Å². The van der Waals surface area contributed by atoms with Crippen LogP contribution in [0.5, 0.6) is 5.75 Å². The Bertz CT molecular complexity index is 2380. The quantitative estimate of drug-likeness (QED) is 0.0922. The summed E-state index contributed by atoms with van der Waals surface area (Å²) in [6, 6.07) is 25.7. The molecule has 2 amide bonds. The van der Waals surface area contributed by atoms with Gasteiger partial charge in [-0.05, 0) is 109 Å². The van der Waals surface area contributed by atoms with Crippen LogP contribution in [0.1, 0.15) is 28.4 Å². The first kappa shape index (κ1) is 35.7. The van der Waals surface area contributed by atoms with E-state index in [2.05, 4.69) is 30.9 Å². The van der Waals surface area contributed by atoms with Crippen molar-refractivity contribution in [3.8, 4) is 5.75 Å². The number of hydrogen-bond acceptors (Lipinski definition) is 11. The maximum absolute atomic E-state index is 13.3. The molecule has 0 saturated heterocycles. The third-order valence-electron chi connectivity index (χ3n) is 8.10. The molecule has 52 heavy (non-hydrogen) atoms. The molecule has 0 saturated carbocycles. The number of anilines is 2. The number of benzene rings is 5. The molecule has 3 N–H and O–H groups in total. The minimum Gasteiger partial charge on any atom is -0.489 e. The molecule has 5 aromatic rings. The molecule has 264 valence electrons. The van der Waals surface area contributed by atoms with E-state index in [1.165, 1.54) is 17.1 Å². The van der Waals surface area contributed by atoms with Crippen molar-refractivity contribution in [3.63, 3.8) is 0 Å². The van der Waals surface area contributed by atoms with Gasteiger partial charge in [-0.15, -0.1) is 0 Å². The lowest BCUT2D eigenvalue weighted by atomic mass is 10.1. The highest BCUT2D eigenvalue weighted by Gasteiger charge is 2.34. The average Bonchev–Trinajstić information content (AvgIpc) is 3.42. The molecule has 0 aliphatic carbocycles. The number of nitrogens with one attached hydrogen (secondary N) is 1. The number of fused-ring (bicyclic) bond motifs is 1. The maximum atomic E-state index is 13.3. The minimum atomic E-state index is -4.35. The van der Waals surface area contributed by atoms with E-state index in [0.717, 1.165) is 5.39 Å². The molecule has 5 aromatic carbocycles. The topological polar surface area (TPSA) is 195 Å². The number of aliphatic hydroxyl groups excluding tert-OH is 1. The summed E-state index contributed by atoms with van der Waals surface area (Å²) in [6.07, 6.45) is 0. The van der Waals surface area contributed by atoms with E-state index < -0.39 is 22.1 Å². The number of carbonyl (C=O) groups is 2. The summed E-state index contributed by atoms with van der Waals surface area (Å²) in [5.74, 6) is -0.474. The Morgan fingerprint density at radius 1 is 0.885 bits per heavy atom. The number of carbonyl (C=O) groups excluding carboxylic acids is 2. The van der Waals surface area contributed by atoms with Crippen molar-refractivity contribution >= 4 is 66.9 Å². The predicted molar refractivity (Wildman–Crippen MR) is 196 cm³/mol. The Morgan fingerprint density at radius 2 is 1.62 bits per heavy atom. The molecule has 0 bridgehead atoms. The van der Waals surface area contributed by atoms with Crippen LogP contribution in [0.25, 0.3) is 10.8 Å². The van der Waals surface area contributed by atoms with Crippen molar-refractivity contribution in [2.45, 2.75) is 31.7 Å². The summed E-state index contributed by atoms with van der Waals surface area (Å²) in [5, 5.41) is 36.4. The van der Waals surface area contributed by atoms with Gasteiger partial charge in [0.1, 0.15) is 12.4 Å². The van der Waals surface area contributed by atoms with Crippen molar-refractivity contribution < 1.29 is 32.4 Å². The van der Waals surface area contributed by atoms with Gasteiger partial charge in [0, 0.05) is 11.6 Å². The number of hydrazone groups is 1. The zero-order chi connectivity index (χ0) is 37.0. The van der Waals surface area contributed by atoms with Gasteiger partial charge >= 0.3 is 0 Å². The molecule has 1 aliphatic rings. The third-order valence-corrected chi connectivity index (χ3v) is 8.93. The highest BCUT2D eigenvalue weighted by Crippen LogP contribution is 2.35. The van der Waals surface area contributed by atoms with Crippen molar-refractivity contribution in [2.75, 3.05) is 23.5 Å². The molecule has 6 rings (SSSR count). The smallest absolute Gasteiger partial charge is 0.294 e. The van der Waals surface area contributed by atoms with Crippen LogP contribution < -0.4 is 15.1 Å². The number of amides is 2. The Kier molecular flexibility index (Phi) is 10.3. The monoisotopic (exact) mass is 719 g/mol. The molecule has 0 fully saturated rings. The van der Waals surface area contributed by atoms with Gasteiger partial charge in [0.25, 0.3) is 21.9 Å². The van der Waals surface area contributed by atoms with Crippen molar-refractivity contribution in [3.05, 3.63) is 114 Å². The van der Waals surface area contributed by atoms with E-state index in [4.69, 9.17) is 4.74 Å².